The summed E-state index contributed by atoms with van der Waals surface area (Å²) in [5, 5.41) is 0.440. The Bertz CT molecular complexity index is 1500. The highest BCUT2D eigenvalue weighted by Crippen LogP contribution is 2.38. The SMILES string of the molecule is CC(=O)N1CCn2c(nc3c2C(c2ccc(C)cc2F)N(C(=O)COc2ccc(CN4CCOCC4)cc2Cl)CC3)C1. The number of ether oxygens (including phenoxy) is 2. The number of nitrogens with zero attached hydrogens (tertiary/aromatic N) is 5. The van der Waals surface area contributed by atoms with Crippen LogP contribution in [-0.2, 0) is 40.4 Å². The maximum Gasteiger partial charge on any atom is 0.261 e. The molecule has 1 saturated heterocycles. The molecule has 3 aliphatic heterocycles. The fourth-order valence-corrected chi connectivity index (χ4v) is 6.37. The second kappa shape index (κ2) is 12.0. The molecule has 0 aliphatic carbocycles. The van der Waals surface area contributed by atoms with Crippen molar-refractivity contribution in [2.45, 2.75) is 45.9 Å². The van der Waals surface area contributed by atoms with Crippen LogP contribution in [0.2, 0.25) is 5.02 Å². The van der Waals surface area contributed by atoms with Crippen LogP contribution in [0.5, 0.6) is 5.75 Å². The summed E-state index contributed by atoms with van der Waals surface area (Å²) in [6.07, 6.45) is 0.530. The number of hydrogen-bond acceptors (Lipinski definition) is 6. The Morgan fingerprint density at radius 2 is 1.90 bits per heavy atom. The third kappa shape index (κ3) is 5.75. The number of carbonyl (C=O) groups is 2. The Kier molecular flexibility index (Phi) is 8.20. The minimum absolute atomic E-state index is 0.00917. The highest BCUT2D eigenvalue weighted by atomic mass is 35.5. The van der Waals surface area contributed by atoms with E-state index in [0.717, 1.165) is 61.2 Å². The van der Waals surface area contributed by atoms with Crippen LogP contribution in [-0.4, -0.2) is 82.1 Å². The quantitative estimate of drug-likeness (QED) is 0.432. The molecule has 3 aromatic rings. The number of morpholine rings is 1. The lowest BCUT2D eigenvalue weighted by Crippen LogP contribution is -2.45. The van der Waals surface area contributed by atoms with Gasteiger partial charge in [0, 0.05) is 58.2 Å². The van der Waals surface area contributed by atoms with Crippen molar-refractivity contribution >= 4 is 23.4 Å². The lowest BCUT2D eigenvalue weighted by Gasteiger charge is -2.37. The summed E-state index contributed by atoms with van der Waals surface area (Å²) in [6, 6.07) is 10.1. The molecular formula is C31H35ClFN5O4. The molecule has 0 bridgehead atoms. The number of aromatic nitrogens is 2. The van der Waals surface area contributed by atoms with E-state index in [1.165, 1.54) is 6.07 Å². The van der Waals surface area contributed by atoms with Crippen LogP contribution in [0, 0.1) is 12.7 Å². The Hall–Kier alpha value is -3.47. The van der Waals surface area contributed by atoms with E-state index in [2.05, 4.69) is 9.47 Å². The van der Waals surface area contributed by atoms with Crippen LogP contribution in [0.3, 0.4) is 0 Å². The number of aryl methyl sites for hydroxylation is 1. The minimum Gasteiger partial charge on any atom is -0.482 e. The molecule has 222 valence electrons. The maximum absolute atomic E-state index is 15.5. The van der Waals surface area contributed by atoms with Gasteiger partial charge in [0.2, 0.25) is 5.91 Å². The number of fused-ring (bicyclic) bond motifs is 3. The first-order chi connectivity index (χ1) is 20.3. The monoisotopic (exact) mass is 595 g/mol. The smallest absolute Gasteiger partial charge is 0.261 e. The molecule has 4 heterocycles. The van der Waals surface area contributed by atoms with Gasteiger partial charge in [-0.15, -0.1) is 0 Å². The second-order valence-corrected chi connectivity index (χ2v) is 11.6. The van der Waals surface area contributed by atoms with Crippen molar-refractivity contribution in [3.8, 4) is 5.75 Å². The lowest BCUT2D eigenvalue weighted by molar-refractivity contribution is -0.135. The second-order valence-electron chi connectivity index (χ2n) is 11.2. The van der Waals surface area contributed by atoms with Crippen molar-refractivity contribution in [2.24, 2.45) is 0 Å². The average Bonchev–Trinajstić information content (AvgIpc) is 3.35. The molecule has 0 N–H and O–H groups in total. The molecule has 42 heavy (non-hydrogen) atoms. The number of halogens is 2. The van der Waals surface area contributed by atoms with Crippen LogP contribution in [0.25, 0.3) is 0 Å². The standard InChI is InChI=1S/C31H35ClFN5O4/c1-20-3-5-23(25(33)15-20)30-31-26(34-28-18-36(21(2)39)9-10-37(28)31)7-8-38(30)29(40)19-42-27-6-4-22(16-24(27)32)17-35-11-13-41-14-12-35/h3-6,15-16,30H,7-14,17-19H2,1-2H3. The van der Waals surface area contributed by atoms with Crippen LogP contribution in [0.1, 0.15) is 46.9 Å². The van der Waals surface area contributed by atoms with Gasteiger partial charge in [0.15, 0.2) is 6.61 Å². The molecule has 1 unspecified atom stereocenters. The molecule has 2 aromatic carbocycles. The van der Waals surface area contributed by atoms with Crippen molar-refractivity contribution in [1.82, 2.24) is 24.3 Å². The van der Waals surface area contributed by atoms with Gasteiger partial charge < -0.3 is 23.8 Å². The van der Waals surface area contributed by atoms with Gasteiger partial charge in [0.1, 0.15) is 23.4 Å². The van der Waals surface area contributed by atoms with Gasteiger partial charge in [-0.05, 0) is 36.2 Å². The molecule has 0 saturated carbocycles. The van der Waals surface area contributed by atoms with Crippen LogP contribution < -0.4 is 4.74 Å². The van der Waals surface area contributed by atoms with Gasteiger partial charge in [-0.25, -0.2) is 9.37 Å². The Morgan fingerprint density at radius 1 is 1.10 bits per heavy atom. The summed E-state index contributed by atoms with van der Waals surface area (Å²) in [4.78, 5) is 36.4. The summed E-state index contributed by atoms with van der Waals surface area (Å²) in [7, 11) is 0. The van der Waals surface area contributed by atoms with Crippen LogP contribution in [0.4, 0.5) is 4.39 Å². The number of rotatable bonds is 6. The van der Waals surface area contributed by atoms with Gasteiger partial charge in [0.05, 0.1) is 36.2 Å². The van der Waals surface area contributed by atoms with Crippen molar-refractivity contribution in [3.63, 3.8) is 0 Å². The zero-order chi connectivity index (χ0) is 29.4. The van der Waals surface area contributed by atoms with Crippen molar-refractivity contribution in [3.05, 3.63) is 81.1 Å². The number of amides is 2. The van der Waals surface area contributed by atoms with E-state index in [-0.39, 0.29) is 24.2 Å². The Balaban J connectivity index is 1.24. The zero-order valence-corrected chi connectivity index (χ0v) is 24.7. The lowest BCUT2D eigenvalue weighted by atomic mass is 9.94. The van der Waals surface area contributed by atoms with Gasteiger partial charge in [-0.2, -0.15) is 0 Å². The largest absolute Gasteiger partial charge is 0.482 e. The zero-order valence-electron chi connectivity index (χ0n) is 23.9. The van der Waals surface area contributed by atoms with E-state index in [4.69, 9.17) is 26.1 Å². The van der Waals surface area contributed by atoms with Gasteiger partial charge in [-0.3, -0.25) is 14.5 Å². The normalized spacial score (nSPS) is 18.9. The first-order valence-corrected chi connectivity index (χ1v) is 14.8. The topological polar surface area (TPSA) is 80.1 Å². The van der Waals surface area contributed by atoms with Gasteiger partial charge in [-0.1, -0.05) is 29.8 Å². The van der Waals surface area contributed by atoms with E-state index in [9.17, 15) is 9.59 Å². The molecule has 6 rings (SSSR count). The Morgan fingerprint density at radius 3 is 2.64 bits per heavy atom. The number of carbonyl (C=O) groups excluding carboxylic acids is 2. The molecule has 0 radical (unpaired) electrons. The predicted octanol–water partition coefficient (Wildman–Crippen LogP) is 3.73. The van der Waals surface area contributed by atoms with Crippen molar-refractivity contribution in [2.75, 3.05) is 46.0 Å². The van der Waals surface area contributed by atoms with E-state index in [1.807, 2.05) is 25.1 Å². The minimum atomic E-state index is -0.665. The van der Waals surface area contributed by atoms with E-state index < -0.39 is 6.04 Å². The molecule has 9 nitrogen and oxygen atoms in total. The van der Waals surface area contributed by atoms with Crippen molar-refractivity contribution in [1.29, 1.82) is 0 Å². The predicted molar refractivity (Wildman–Crippen MR) is 155 cm³/mol. The third-order valence-electron chi connectivity index (χ3n) is 8.32. The van der Waals surface area contributed by atoms with Gasteiger partial charge >= 0.3 is 0 Å². The highest BCUT2D eigenvalue weighted by molar-refractivity contribution is 6.32. The summed E-state index contributed by atoms with van der Waals surface area (Å²) in [5.41, 5.74) is 3.92. The summed E-state index contributed by atoms with van der Waals surface area (Å²) in [6.45, 7) is 8.94. The van der Waals surface area contributed by atoms with Crippen molar-refractivity contribution < 1.29 is 23.5 Å². The molecule has 1 fully saturated rings. The average molecular weight is 596 g/mol. The van der Waals surface area contributed by atoms with E-state index >= 15 is 4.39 Å². The van der Waals surface area contributed by atoms with E-state index in [0.29, 0.717) is 48.9 Å². The summed E-state index contributed by atoms with van der Waals surface area (Å²) < 4.78 is 28.9. The molecule has 3 aliphatic rings. The number of imidazole rings is 1. The molecule has 0 spiro atoms. The third-order valence-corrected chi connectivity index (χ3v) is 8.62. The van der Waals surface area contributed by atoms with Crippen LogP contribution in [0.15, 0.2) is 36.4 Å². The number of hydrogen-bond donors (Lipinski definition) is 0. The molecule has 1 atom stereocenters. The highest BCUT2D eigenvalue weighted by Gasteiger charge is 2.39. The first-order valence-electron chi connectivity index (χ1n) is 14.4. The van der Waals surface area contributed by atoms with Crippen LogP contribution >= 0.6 is 11.6 Å². The summed E-state index contributed by atoms with van der Waals surface area (Å²) >= 11 is 6.56. The maximum atomic E-state index is 15.5. The van der Waals surface area contributed by atoms with Gasteiger partial charge in [0.25, 0.3) is 5.91 Å². The fraction of sp³-hybridized carbons (Fsp3) is 0.452. The van der Waals surface area contributed by atoms with E-state index in [1.54, 1.807) is 28.9 Å². The molecule has 11 heteroatoms. The number of benzene rings is 2. The molecule has 1 aromatic heterocycles. The fourth-order valence-electron chi connectivity index (χ4n) is 6.11. The molecular weight excluding hydrogens is 561 g/mol. The Labute approximate surface area is 249 Å². The molecule has 2 amide bonds. The summed E-state index contributed by atoms with van der Waals surface area (Å²) in [5.74, 6) is 0.536. The first kappa shape index (κ1) is 28.6.